The Balaban J connectivity index is 1.33. The number of benzene rings is 1. The third kappa shape index (κ3) is 4.93. The second kappa shape index (κ2) is 9.14. The standard InChI is InChI=1S/C29H39F3N4O/c1-27(2,3)36-13-12-23(35-36)21-15-24(34-25(21)17-6-9-19(10-7-17)29(30,31)32)26(37)33-16-18-8-11-20-14-22(18)28(20,4)5/h6-7,9-10,12-13,18,20-22,24-25,34H,8,11,14-16H2,1-5H3,(H,33,37)/t18-,20-,21-,22+,24-,25-/m0/s1. The molecular weight excluding hydrogens is 477 g/mol. The van der Waals surface area contributed by atoms with Gasteiger partial charge in [-0.2, -0.15) is 18.3 Å². The number of nitrogens with one attached hydrogen (secondary N) is 2. The molecule has 2 bridgehead atoms. The van der Waals surface area contributed by atoms with Crippen molar-refractivity contribution in [3.05, 3.63) is 53.3 Å². The van der Waals surface area contributed by atoms with Gasteiger partial charge < -0.3 is 5.32 Å². The van der Waals surface area contributed by atoms with Gasteiger partial charge in [-0.25, -0.2) is 0 Å². The monoisotopic (exact) mass is 516 g/mol. The van der Waals surface area contributed by atoms with Crippen LogP contribution in [0.1, 0.15) is 89.1 Å². The number of amides is 1. The van der Waals surface area contributed by atoms with Crippen molar-refractivity contribution in [2.75, 3.05) is 6.54 Å². The highest BCUT2D eigenvalue weighted by Crippen LogP contribution is 2.61. The van der Waals surface area contributed by atoms with Crippen LogP contribution in [-0.2, 0) is 16.5 Å². The molecule has 6 atom stereocenters. The van der Waals surface area contributed by atoms with Crippen LogP contribution in [0.3, 0.4) is 0 Å². The molecule has 37 heavy (non-hydrogen) atoms. The average molecular weight is 517 g/mol. The molecule has 1 aromatic carbocycles. The number of hydrogen-bond donors (Lipinski definition) is 2. The van der Waals surface area contributed by atoms with Crippen LogP contribution in [0.25, 0.3) is 0 Å². The van der Waals surface area contributed by atoms with Crippen molar-refractivity contribution in [1.82, 2.24) is 20.4 Å². The number of fused-ring (bicyclic) bond motifs is 2. The second-order valence-electron chi connectivity index (χ2n) is 13.0. The van der Waals surface area contributed by atoms with Gasteiger partial charge >= 0.3 is 6.18 Å². The minimum Gasteiger partial charge on any atom is -0.354 e. The summed E-state index contributed by atoms with van der Waals surface area (Å²) < 4.78 is 41.4. The Kier molecular flexibility index (Phi) is 6.49. The van der Waals surface area contributed by atoms with Gasteiger partial charge in [-0.3, -0.25) is 14.8 Å². The number of halogens is 3. The second-order valence-corrected chi connectivity index (χ2v) is 13.0. The molecule has 4 aliphatic rings. The summed E-state index contributed by atoms with van der Waals surface area (Å²) in [5.74, 6) is 1.83. The topological polar surface area (TPSA) is 59.0 Å². The first-order valence-electron chi connectivity index (χ1n) is 13.5. The van der Waals surface area contributed by atoms with Crippen molar-refractivity contribution in [3.63, 3.8) is 0 Å². The molecule has 1 aromatic heterocycles. The van der Waals surface area contributed by atoms with Crippen molar-refractivity contribution in [2.45, 2.75) is 90.0 Å². The molecule has 0 spiro atoms. The fourth-order valence-corrected chi connectivity index (χ4v) is 6.94. The van der Waals surface area contributed by atoms with Crippen LogP contribution in [0.2, 0.25) is 0 Å². The minimum absolute atomic E-state index is 0.0334. The molecule has 0 radical (unpaired) electrons. The van der Waals surface area contributed by atoms with E-state index in [0.29, 0.717) is 30.2 Å². The molecule has 6 rings (SSSR count). The number of alkyl halides is 3. The minimum atomic E-state index is -4.39. The number of carbonyl (C=O) groups is 1. The molecule has 5 nitrogen and oxygen atoms in total. The van der Waals surface area contributed by atoms with Gasteiger partial charge in [-0.1, -0.05) is 26.0 Å². The zero-order chi connectivity index (χ0) is 26.8. The van der Waals surface area contributed by atoms with Gasteiger partial charge in [0.05, 0.1) is 22.8 Å². The van der Waals surface area contributed by atoms with Crippen molar-refractivity contribution >= 4 is 5.91 Å². The molecule has 1 amide bonds. The highest BCUT2D eigenvalue weighted by atomic mass is 19.4. The number of hydrogen-bond acceptors (Lipinski definition) is 3. The van der Waals surface area contributed by atoms with E-state index < -0.39 is 17.8 Å². The quantitative estimate of drug-likeness (QED) is 0.510. The summed E-state index contributed by atoms with van der Waals surface area (Å²) in [5.41, 5.74) is 1.07. The van der Waals surface area contributed by atoms with E-state index in [1.165, 1.54) is 25.0 Å². The first-order valence-corrected chi connectivity index (χ1v) is 13.5. The van der Waals surface area contributed by atoms with Crippen molar-refractivity contribution in [3.8, 4) is 0 Å². The predicted molar refractivity (Wildman–Crippen MR) is 137 cm³/mol. The smallest absolute Gasteiger partial charge is 0.354 e. The highest BCUT2D eigenvalue weighted by Gasteiger charge is 2.54. The highest BCUT2D eigenvalue weighted by molar-refractivity contribution is 5.82. The predicted octanol–water partition coefficient (Wildman–Crippen LogP) is 6.03. The first kappa shape index (κ1) is 26.3. The fourth-order valence-electron chi connectivity index (χ4n) is 6.94. The summed E-state index contributed by atoms with van der Waals surface area (Å²) in [6.07, 6.45) is 1.76. The lowest BCUT2D eigenvalue weighted by Gasteiger charge is -2.60. The summed E-state index contributed by atoms with van der Waals surface area (Å²) in [6, 6.07) is 6.51. The van der Waals surface area contributed by atoms with Gasteiger partial charge in [-0.05, 0) is 93.4 Å². The Hall–Kier alpha value is -2.35. The molecule has 3 aliphatic carbocycles. The third-order valence-corrected chi connectivity index (χ3v) is 9.40. The summed E-state index contributed by atoms with van der Waals surface area (Å²) in [4.78, 5) is 13.3. The molecule has 3 saturated carbocycles. The Morgan fingerprint density at radius 3 is 2.38 bits per heavy atom. The number of carbonyl (C=O) groups excluding carboxylic acids is 1. The lowest BCUT2D eigenvalue weighted by atomic mass is 9.45. The van der Waals surface area contributed by atoms with E-state index >= 15 is 0 Å². The van der Waals surface area contributed by atoms with Crippen molar-refractivity contribution in [2.24, 2.45) is 23.2 Å². The molecule has 4 fully saturated rings. The van der Waals surface area contributed by atoms with E-state index in [0.717, 1.165) is 35.7 Å². The zero-order valence-electron chi connectivity index (χ0n) is 22.4. The van der Waals surface area contributed by atoms with Crippen LogP contribution in [0.5, 0.6) is 0 Å². The van der Waals surface area contributed by atoms with Crippen LogP contribution >= 0.6 is 0 Å². The largest absolute Gasteiger partial charge is 0.416 e. The SMILES string of the molecule is CC1(C)[C@H]2CC[C@@H](CNC(=O)[C@@H]3C[C@@H](c4ccn(C(C)(C)C)n4)[C@H](c4ccc(C(F)(F)F)cc4)N3)[C@H]1C2. The molecule has 202 valence electrons. The Morgan fingerprint density at radius 1 is 1.11 bits per heavy atom. The van der Waals surface area contributed by atoms with E-state index in [9.17, 15) is 18.0 Å². The summed E-state index contributed by atoms with van der Waals surface area (Å²) in [5, 5.41) is 11.5. The summed E-state index contributed by atoms with van der Waals surface area (Å²) in [7, 11) is 0. The van der Waals surface area contributed by atoms with Crippen molar-refractivity contribution in [1.29, 1.82) is 0 Å². The fraction of sp³-hybridized carbons (Fsp3) is 0.655. The molecule has 0 unspecified atom stereocenters. The number of aromatic nitrogens is 2. The van der Waals surface area contributed by atoms with Gasteiger partial charge in [-0.15, -0.1) is 0 Å². The molecule has 1 aliphatic heterocycles. The van der Waals surface area contributed by atoms with Crippen molar-refractivity contribution < 1.29 is 18.0 Å². The van der Waals surface area contributed by atoms with Crippen LogP contribution in [-0.4, -0.2) is 28.3 Å². The van der Waals surface area contributed by atoms with Crippen LogP contribution < -0.4 is 10.6 Å². The van der Waals surface area contributed by atoms with Gasteiger partial charge in [0, 0.05) is 24.7 Å². The first-order chi connectivity index (χ1) is 17.2. The van der Waals surface area contributed by atoms with E-state index in [1.54, 1.807) is 0 Å². The lowest BCUT2D eigenvalue weighted by Crippen LogP contribution is -2.55. The Morgan fingerprint density at radius 2 is 1.81 bits per heavy atom. The molecule has 2 aromatic rings. The molecule has 1 saturated heterocycles. The van der Waals surface area contributed by atoms with Crippen LogP contribution in [0.4, 0.5) is 13.2 Å². The van der Waals surface area contributed by atoms with E-state index in [-0.39, 0.29) is 23.4 Å². The van der Waals surface area contributed by atoms with Gasteiger partial charge in [0.1, 0.15) is 0 Å². The summed E-state index contributed by atoms with van der Waals surface area (Å²) >= 11 is 0. The van der Waals surface area contributed by atoms with Crippen LogP contribution in [0.15, 0.2) is 36.5 Å². The van der Waals surface area contributed by atoms with Gasteiger partial charge in [0.15, 0.2) is 0 Å². The summed E-state index contributed by atoms with van der Waals surface area (Å²) in [6.45, 7) is 11.6. The zero-order valence-corrected chi connectivity index (χ0v) is 22.4. The van der Waals surface area contributed by atoms with E-state index in [1.807, 2.05) is 16.9 Å². The maximum Gasteiger partial charge on any atom is 0.416 e. The van der Waals surface area contributed by atoms with E-state index in [2.05, 4.69) is 45.3 Å². The normalized spacial score (nSPS) is 31.1. The number of rotatable bonds is 5. The maximum atomic E-state index is 13.3. The third-order valence-electron chi connectivity index (χ3n) is 9.40. The van der Waals surface area contributed by atoms with Gasteiger partial charge in [0.25, 0.3) is 0 Å². The molecular formula is C29H39F3N4O. The Bertz CT molecular complexity index is 1130. The lowest BCUT2D eigenvalue weighted by molar-refractivity contribution is -0.137. The molecule has 8 heteroatoms. The average Bonchev–Trinajstić information content (AvgIpc) is 3.50. The van der Waals surface area contributed by atoms with Gasteiger partial charge in [0.2, 0.25) is 5.91 Å². The number of nitrogens with zero attached hydrogens (tertiary/aromatic N) is 2. The molecule has 2 N–H and O–H groups in total. The molecule has 2 heterocycles. The Labute approximate surface area is 217 Å². The van der Waals surface area contributed by atoms with E-state index in [4.69, 9.17) is 5.10 Å². The maximum absolute atomic E-state index is 13.3. The van der Waals surface area contributed by atoms with Crippen LogP contribution in [0, 0.1) is 23.2 Å².